The van der Waals surface area contributed by atoms with Crippen molar-refractivity contribution in [2.75, 3.05) is 4.90 Å². The Morgan fingerprint density at radius 1 is 1.00 bits per heavy atom. The molecule has 0 amide bonds. The summed E-state index contributed by atoms with van der Waals surface area (Å²) in [6.07, 6.45) is 7.96. The highest BCUT2D eigenvalue weighted by molar-refractivity contribution is 9.10. The summed E-state index contributed by atoms with van der Waals surface area (Å²) < 4.78 is 1.07. The van der Waals surface area contributed by atoms with Gasteiger partial charge in [-0.15, -0.1) is 0 Å². The summed E-state index contributed by atoms with van der Waals surface area (Å²) >= 11 is 3.48. The lowest BCUT2D eigenvalue weighted by molar-refractivity contribution is 1.21. The molecule has 2 heteroatoms. The lowest BCUT2D eigenvalue weighted by Gasteiger charge is -2.26. The maximum absolute atomic E-state index is 3.95. The monoisotopic (exact) mass is 339 g/mol. The Hall–Kier alpha value is -2.06. The van der Waals surface area contributed by atoms with Crippen LogP contribution in [-0.2, 0) is 0 Å². The van der Waals surface area contributed by atoms with Crippen molar-refractivity contribution in [3.8, 4) is 0 Å². The van der Waals surface area contributed by atoms with E-state index in [2.05, 4.69) is 57.8 Å². The molecule has 2 aromatic carbocycles. The highest BCUT2D eigenvalue weighted by atomic mass is 79.9. The Morgan fingerprint density at radius 2 is 1.62 bits per heavy atom. The third-order valence-corrected chi connectivity index (χ3v) is 3.55. The van der Waals surface area contributed by atoms with Crippen LogP contribution in [0.2, 0.25) is 0 Å². The molecule has 21 heavy (non-hydrogen) atoms. The zero-order valence-corrected chi connectivity index (χ0v) is 13.6. The number of hydrogen-bond acceptors (Lipinski definition) is 1. The molecule has 0 N–H and O–H groups in total. The van der Waals surface area contributed by atoms with E-state index in [0.29, 0.717) is 0 Å². The third kappa shape index (κ3) is 3.96. The Labute approximate surface area is 135 Å². The second-order valence-corrected chi connectivity index (χ2v) is 5.38. The van der Waals surface area contributed by atoms with Gasteiger partial charge in [0.05, 0.1) is 0 Å². The Balaban J connectivity index is 2.53. The van der Waals surface area contributed by atoms with Crippen LogP contribution < -0.4 is 4.90 Å². The van der Waals surface area contributed by atoms with Crippen LogP contribution in [0.1, 0.15) is 6.92 Å². The van der Waals surface area contributed by atoms with Crippen LogP contribution in [0.3, 0.4) is 0 Å². The molecular weight excluding hydrogens is 322 g/mol. The highest BCUT2D eigenvalue weighted by Crippen LogP contribution is 2.31. The minimum absolute atomic E-state index is 1.03. The minimum Gasteiger partial charge on any atom is -0.311 e. The zero-order valence-electron chi connectivity index (χ0n) is 12.0. The van der Waals surface area contributed by atoms with Crippen LogP contribution in [0.5, 0.6) is 0 Å². The fourth-order valence-corrected chi connectivity index (χ4v) is 2.31. The van der Waals surface area contributed by atoms with Gasteiger partial charge in [0.2, 0.25) is 0 Å². The maximum atomic E-state index is 3.95. The number of nitrogens with zero attached hydrogens (tertiary/aromatic N) is 1. The summed E-state index contributed by atoms with van der Waals surface area (Å²) in [5.74, 6) is 0. The molecule has 0 saturated carbocycles. The van der Waals surface area contributed by atoms with E-state index in [1.807, 2.05) is 55.5 Å². The van der Waals surface area contributed by atoms with Crippen molar-refractivity contribution in [2.45, 2.75) is 6.92 Å². The van der Waals surface area contributed by atoms with E-state index >= 15 is 0 Å². The summed E-state index contributed by atoms with van der Waals surface area (Å²) in [6.45, 7) is 5.95. The van der Waals surface area contributed by atoms with E-state index in [-0.39, 0.29) is 0 Å². The number of para-hydroxylation sites is 1. The van der Waals surface area contributed by atoms with Crippen molar-refractivity contribution in [3.63, 3.8) is 0 Å². The highest BCUT2D eigenvalue weighted by Gasteiger charge is 2.11. The van der Waals surface area contributed by atoms with Crippen LogP contribution >= 0.6 is 15.9 Å². The van der Waals surface area contributed by atoms with E-state index < -0.39 is 0 Å². The molecule has 0 saturated heterocycles. The predicted molar refractivity (Wildman–Crippen MR) is 95.8 cm³/mol. The average Bonchev–Trinajstić information content (AvgIpc) is 2.53. The van der Waals surface area contributed by atoms with Gasteiger partial charge in [0.1, 0.15) is 0 Å². The average molecular weight is 340 g/mol. The summed E-state index contributed by atoms with van der Waals surface area (Å²) in [5, 5.41) is 0. The maximum Gasteiger partial charge on any atom is 0.0462 e. The van der Waals surface area contributed by atoms with Crippen LogP contribution in [0.25, 0.3) is 0 Å². The fourth-order valence-electron chi connectivity index (χ4n) is 2.04. The Morgan fingerprint density at radius 3 is 2.19 bits per heavy atom. The van der Waals surface area contributed by atoms with E-state index in [4.69, 9.17) is 0 Å². The van der Waals surface area contributed by atoms with Crippen LogP contribution in [0, 0.1) is 0 Å². The van der Waals surface area contributed by atoms with E-state index in [9.17, 15) is 0 Å². The second kappa shape index (κ2) is 7.65. The molecule has 2 rings (SSSR count). The van der Waals surface area contributed by atoms with Gasteiger partial charge in [0.25, 0.3) is 0 Å². The smallest absolute Gasteiger partial charge is 0.0462 e. The number of hydrogen-bond donors (Lipinski definition) is 0. The molecule has 2 aromatic rings. The first-order chi connectivity index (χ1) is 10.3. The van der Waals surface area contributed by atoms with Gasteiger partial charge in [-0.2, -0.15) is 0 Å². The van der Waals surface area contributed by atoms with E-state index in [1.54, 1.807) is 0 Å². The number of benzene rings is 2. The quantitative estimate of drug-likeness (QED) is 0.583. The van der Waals surface area contributed by atoms with Gasteiger partial charge in [-0.1, -0.05) is 52.9 Å². The first-order valence-corrected chi connectivity index (χ1v) is 7.61. The summed E-state index contributed by atoms with van der Waals surface area (Å²) in [7, 11) is 0. The molecule has 0 heterocycles. The molecule has 1 nitrogen and oxygen atoms in total. The molecule has 0 bridgehead atoms. The summed E-state index contributed by atoms with van der Waals surface area (Å²) in [6, 6.07) is 18.5. The summed E-state index contributed by atoms with van der Waals surface area (Å²) in [5.41, 5.74) is 3.23. The molecule has 0 aliphatic rings. The molecule has 0 spiro atoms. The van der Waals surface area contributed by atoms with Gasteiger partial charge >= 0.3 is 0 Å². The van der Waals surface area contributed by atoms with Crippen molar-refractivity contribution in [2.24, 2.45) is 0 Å². The number of anilines is 2. The second-order valence-electron chi connectivity index (χ2n) is 4.47. The summed E-state index contributed by atoms with van der Waals surface area (Å²) in [4.78, 5) is 2.18. The van der Waals surface area contributed by atoms with Gasteiger partial charge in [0.15, 0.2) is 0 Å². The molecule has 0 aliphatic carbocycles. The van der Waals surface area contributed by atoms with Gasteiger partial charge in [-0.05, 0) is 55.5 Å². The largest absolute Gasteiger partial charge is 0.311 e. The number of allylic oxidation sites excluding steroid dienone is 4. The zero-order chi connectivity index (χ0) is 15.1. The first kappa shape index (κ1) is 15.3. The molecule has 0 atom stereocenters. The van der Waals surface area contributed by atoms with Crippen molar-refractivity contribution < 1.29 is 0 Å². The number of rotatable bonds is 5. The van der Waals surface area contributed by atoms with Gasteiger partial charge in [0, 0.05) is 21.5 Å². The molecule has 0 fully saturated rings. The van der Waals surface area contributed by atoms with E-state index in [0.717, 1.165) is 21.5 Å². The van der Waals surface area contributed by atoms with Crippen LogP contribution in [0.15, 0.2) is 95.7 Å². The normalized spacial score (nSPS) is 11.6. The van der Waals surface area contributed by atoms with Crippen molar-refractivity contribution in [1.82, 2.24) is 0 Å². The third-order valence-electron chi connectivity index (χ3n) is 3.03. The predicted octanol–water partition coefficient (Wildman–Crippen LogP) is 6.23. The van der Waals surface area contributed by atoms with Crippen LogP contribution in [0.4, 0.5) is 11.4 Å². The van der Waals surface area contributed by atoms with Crippen molar-refractivity contribution in [1.29, 1.82) is 0 Å². The number of halogens is 1. The standard InChI is InChI=1S/C19H18BrN/c1-3-5-9-17(4-2)21(18-10-7-6-8-11-18)19-14-12-16(20)13-15-19/h3-15H,2H2,1H3/b5-3-,17-9+. The first-order valence-electron chi connectivity index (χ1n) is 6.82. The van der Waals surface area contributed by atoms with Crippen LogP contribution in [-0.4, -0.2) is 0 Å². The molecule has 0 radical (unpaired) electrons. The lowest BCUT2D eigenvalue weighted by atomic mass is 10.2. The van der Waals surface area contributed by atoms with Crippen molar-refractivity contribution >= 4 is 27.3 Å². The molecule has 0 aromatic heterocycles. The molecule has 0 unspecified atom stereocenters. The van der Waals surface area contributed by atoms with Crippen molar-refractivity contribution in [3.05, 3.63) is 95.7 Å². The topological polar surface area (TPSA) is 3.24 Å². The Kier molecular flexibility index (Phi) is 5.59. The minimum atomic E-state index is 1.03. The van der Waals surface area contributed by atoms with E-state index in [1.165, 1.54) is 0 Å². The molecular formula is C19H18BrN. The lowest BCUT2D eigenvalue weighted by Crippen LogP contribution is -2.14. The van der Waals surface area contributed by atoms with Gasteiger partial charge in [-0.3, -0.25) is 0 Å². The SMILES string of the molecule is C=C/C(=C\C=C/C)N(c1ccccc1)c1ccc(Br)cc1. The molecule has 106 valence electrons. The van der Waals surface area contributed by atoms with Gasteiger partial charge in [-0.25, -0.2) is 0 Å². The fraction of sp³-hybridized carbons (Fsp3) is 0.0526. The van der Waals surface area contributed by atoms with Gasteiger partial charge < -0.3 is 4.90 Å². The molecule has 0 aliphatic heterocycles. The Bertz CT molecular complexity index is 639.